The van der Waals surface area contributed by atoms with Gasteiger partial charge in [-0.15, -0.1) is 5.10 Å². The normalized spacial score (nSPS) is 11.3. The molecule has 1 heterocycles. The molecule has 0 saturated carbocycles. The van der Waals surface area contributed by atoms with Gasteiger partial charge in [-0.2, -0.15) is 0 Å². The molecule has 3 aromatic carbocycles. The van der Waals surface area contributed by atoms with E-state index in [4.69, 9.17) is 9.88 Å². The zero-order valence-corrected chi connectivity index (χ0v) is 16.3. The summed E-state index contributed by atoms with van der Waals surface area (Å²) in [5, 5.41) is 9.95. The van der Waals surface area contributed by atoms with Gasteiger partial charge in [0.1, 0.15) is 11.5 Å². The molecule has 2 N–H and O–H groups in total. The summed E-state index contributed by atoms with van der Waals surface area (Å²) < 4.78 is 31.6. The Kier molecular flexibility index (Phi) is 5.16. The number of hydrogen-bond acceptors (Lipinski definition) is 4. The van der Waals surface area contributed by atoms with E-state index in [0.717, 1.165) is 11.1 Å². The van der Waals surface area contributed by atoms with Crippen LogP contribution < -0.4 is 9.88 Å². The molecular weight excluding hydrogens is 386 g/mol. The Labute approximate surface area is 169 Å². The lowest BCUT2D eigenvalue weighted by atomic mass is 10.1. The molecule has 1 aromatic heterocycles. The fraction of sp³-hybridized carbons (Fsp3) is 0.0455. The Bertz CT molecular complexity index is 1220. The third kappa shape index (κ3) is 4.21. The molecule has 0 saturated heterocycles. The van der Waals surface area contributed by atoms with Gasteiger partial charge in [-0.3, -0.25) is 0 Å². The van der Waals surface area contributed by atoms with Crippen LogP contribution in [-0.2, 0) is 16.6 Å². The average Bonchev–Trinajstić information content (AvgIpc) is 3.17. The molecule has 0 unspecified atom stereocenters. The van der Waals surface area contributed by atoms with E-state index in [0.29, 0.717) is 23.9 Å². The number of aromatic nitrogens is 2. The van der Waals surface area contributed by atoms with E-state index in [1.165, 1.54) is 6.07 Å². The molecule has 0 aliphatic rings. The monoisotopic (exact) mass is 405 g/mol. The van der Waals surface area contributed by atoms with Gasteiger partial charge in [0, 0.05) is 11.6 Å². The van der Waals surface area contributed by atoms with Gasteiger partial charge in [-0.1, -0.05) is 72.8 Å². The Hall–Kier alpha value is -3.42. The summed E-state index contributed by atoms with van der Waals surface area (Å²) in [5.41, 5.74) is 2.94. The van der Waals surface area contributed by atoms with Crippen LogP contribution >= 0.6 is 0 Å². The number of primary sulfonamides is 1. The maximum Gasteiger partial charge on any atom is 0.240 e. The predicted octanol–water partition coefficient (Wildman–Crippen LogP) is 3.77. The lowest BCUT2D eigenvalue weighted by Crippen LogP contribution is -2.16. The Morgan fingerprint density at radius 3 is 2.17 bits per heavy atom. The quantitative estimate of drug-likeness (QED) is 0.529. The summed E-state index contributed by atoms with van der Waals surface area (Å²) in [6.45, 7) is 0.350. The number of para-hydroxylation sites is 1. The second-order valence-corrected chi connectivity index (χ2v) is 7.96. The topological polar surface area (TPSA) is 87.2 Å². The summed E-state index contributed by atoms with van der Waals surface area (Å²) in [5.74, 6) is 0.386. The number of hydrogen-bond donors (Lipinski definition) is 1. The minimum absolute atomic E-state index is 0.00473. The van der Waals surface area contributed by atoms with Gasteiger partial charge in [0.2, 0.25) is 15.9 Å². The van der Waals surface area contributed by atoms with Crippen molar-refractivity contribution in [1.82, 2.24) is 9.78 Å². The Balaban J connectivity index is 1.80. The maximum absolute atomic E-state index is 12.1. The van der Waals surface area contributed by atoms with Crippen LogP contribution in [0.2, 0.25) is 0 Å². The highest BCUT2D eigenvalue weighted by molar-refractivity contribution is 7.89. The van der Waals surface area contributed by atoms with Crippen LogP contribution in [-0.4, -0.2) is 18.2 Å². The van der Waals surface area contributed by atoms with Crippen molar-refractivity contribution < 1.29 is 13.2 Å². The van der Waals surface area contributed by atoms with Crippen LogP contribution in [0.1, 0.15) is 5.56 Å². The summed E-state index contributed by atoms with van der Waals surface area (Å²) in [7, 11) is -3.93. The molecular formula is C22H19N3O3S. The fourth-order valence-electron chi connectivity index (χ4n) is 3.03. The van der Waals surface area contributed by atoms with Crippen molar-refractivity contribution in [3.63, 3.8) is 0 Å². The highest BCUT2D eigenvalue weighted by Crippen LogP contribution is 2.29. The molecule has 0 aliphatic carbocycles. The Morgan fingerprint density at radius 2 is 1.48 bits per heavy atom. The molecule has 4 rings (SSSR count). The zero-order valence-electron chi connectivity index (χ0n) is 15.5. The molecule has 0 bridgehead atoms. The van der Waals surface area contributed by atoms with Crippen LogP contribution in [0.4, 0.5) is 0 Å². The molecule has 29 heavy (non-hydrogen) atoms. The summed E-state index contributed by atoms with van der Waals surface area (Å²) in [6.07, 6.45) is 0. The maximum atomic E-state index is 12.1. The van der Waals surface area contributed by atoms with Gasteiger partial charge in [-0.05, 0) is 17.7 Å². The smallest absolute Gasteiger partial charge is 0.240 e. The fourth-order valence-corrected chi connectivity index (χ4v) is 3.75. The molecule has 0 spiro atoms. The number of ether oxygens (including phenoxy) is 1. The van der Waals surface area contributed by atoms with Gasteiger partial charge in [0.05, 0.1) is 11.4 Å². The predicted molar refractivity (Wildman–Crippen MR) is 111 cm³/mol. The molecule has 6 nitrogen and oxygen atoms in total. The van der Waals surface area contributed by atoms with Crippen LogP contribution in [0.25, 0.3) is 16.9 Å². The molecule has 0 atom stereocenters. The minimum atomic E-state index is -3.93. The minimum Gasteiger partial charge on any atom is -0.472 e. The summed E-state index contributed by atoms with van der Waals surface area (Å²) >= 11 is 0. The van der Waals surface area contributed by atoms with E-state index in [1.807, 2.05) is 60.7 Å². The van der Waals surface area contributed by atoms with Crippen LogP contribution in [0, 0.1) is 0 Å². The van der Waals surface area contributed by atoms with E-state index in [2.05, 4.69) is 5.10 Å². The first-order valence-corrected chi connectivity index (χ1v) is 10.5. The largest absolute Gasteiger partial charge is 0.472 e. The highest BCUT2D eigenvalue weighted by Gasteiger charge is 2.20. The van der Waals surface area contributed by atoms with Crippen LogP contribution in [0.15, 0.2) is 95.9 Å². The molecule has 0 fully saturated rings. The molecule has 0 radical (unpaired) electrons. The Morgan fingerprint density at radius 1 is 0.862 bits per heavy atom. The van der Waals surface area contributed by atoms with E-state index < -0.39 is 10.0 Å². The zero-order chi connectivity index (χ0) is 20.3. The SMILES string of the molecule is NS(=O)(=O)c1ccccc1-n1nc(OCc2ccccc2)cc1-c1ccccc1. The standard InChI is InChI=1S/C22H19N3O3S/c23-29(26,27)21-14-8-7-13-19(21)25-20(18-11-5-2-6-12-18)15-22(24-25)28-16-17-9-3-1-4-10-17/h1-15H,16H2,(H2,23,26,27). The second-order valence-electron chi connectivity index (χ2n) is 6.43. The van der Waals surface area contributed by atoms with Crippen molar-refractivity contribution in [2.24, 2.45) is 5.14 Å². The second kappa shape index (κ2) is 7.90. The number of nitrogens with two attached hydrogens (primary N) is 1. The van der Waals surface area contributed by atoms with E-state index in [1.54, 1.807) is 28.9 Å². The third-order valence-corrected chi connectivity index (χ3v) is 5.34. The van der Waals surface area contributed by atoms with Gasteiger partial charge >= 0.3 is 0 Å². The number of nitrogens with zero attached hydrogens (tertiary/aromatic N) is 2. The molecule has 0 aliphatic heterocycles. The molecule has 4 aromatic rings. The van der Waals surface area contributed by atoms with Crippen LogP contribution in [0.5, 0.6) is 5.88 Å². The average molecular weight is 405 g/mol. The molecule has 7 heteroatoms. The first-order valence-electron chi connectivity index (χ1n) is 8.97. The van der Waals surface area contributed by atoms with Gasteiger partial charge in [0.25, 0.3) is 0 Å². The number of sulfonamides is 1. The van der Waals surface area contributed by atoms with Gasteiger partial charge < -0.3 is 4.74 Å². The van der Waals surface area contributed by atoms with Crippen molar-refractivity contribution in [2.45, 2.75) is 11.5 Å². The summed E-state index contributed by atoms with van der Waals surface area (Å²) in [6, 6.07) is 27.6. The lowest BCUT2D eigenvalue weighted by Gasteiger charge is -2.11. The summed E-state index contributed by atoms with van der Waals surface area (Å²) in [4.78, 5) is -0.00473. The van der Waals surface area contributed by atoms with Crippen molar-refractivity contribution in [3.05, 3.63) is 96.6 Å². The highest BCUT2D eigenvalue weighted by atomic mass is 32.2. The van der Waals surface area contributed by atoms with E-state index in [-0.39, 0.29) is 4.90 Å². The van der Waals surface area contributed by atoms with Crippen LogP contribution in [0.3, 0.4) is 0 Å². The van der Waals surface area contributed by atoms with E-state index in [9.17, 15) is 8.42 Å². The van der Waals surface area contributed by atoms with E-state index >= 15 is 0 Å². The van der Waals surface area contributed by atoms with Crippen molar-refractivity contribution in [1.29, 1.82) is 0 Å². The molecule has 0 amide bonds. The van der Waals surface area contributed by atoms with Crippen molar-refractivity contribution >= 4 is 10.0 Å². The molecule has 146 valence electrons. The van der Waals surface area contributed by atoms with Gasteiger partial charge in [0.15, 0.2) is 0 Å². The van der Waals surface area contributed by atoms with Crippen molar-refractivity contribution in [2.75, 3.05) is 0 Å². The number of benzene rings is 3. The lowest BCUT2D eigenvalue weighted by molar-refractivity contribution is 0.292. The van der Waals surface area contributed by atoms with Gasteiger partial charge in [-0.25, -0.2) is 18.2 Å². The first-order chi connectivity index (χ1) is 14.0. The number of rotatable bonds is 6. The first kappa shape index (κ1) is 18.9. The third-order valence-electron chi connectivity index (χ3n) is 4.39. The van der Waals surface area contributed by atoms with Crippen molar-refractivity contribution in [3.8, 4) is 22.8 Å².